The first-order valence-electron chi connectivity index (χ1n) is 11.8. The van der Waals surface area contributed by atoms with Gasteiger partial charge in [-0.05, 0) is 55.0 Å². The summed E-state index contributed by atoms with van der Waals surface area (Å²) >= 11 is 0. The van der Waals surface area contributed by atoms with E-state index in [1.54, 1.807) is 6.07 Å². The second-order valence-electron chi connectivity index (χ2n) is 9.14. The van der Waals surface area contributed by atoms with E-state index in [0.717, 1.165) is 22.3 Å². The Morgan fingerprint density at radius 3 is 2.09 bits per heavy atom. The van der Waals surface area contributed by atoms with Crippen molar-refractivity contribution in [3.63, 3.8) is 0 Å². The molecule has 6 heteroatoms. The Kier molecular flexibility index (Phi) is 7.49. The van der Waals surface area contributed by atoms with Gasteiger partial charge in [0.2, 0.25) is 15.9 Å². The molecule has 3 aromatic carbocycles. The molecule has 0 saturated carbocycles. The van der Waals surface area contributed by atoms with Gasteiger partial charge in [-0.25, -0.2) is 8.42 Å². The lowest BCUT2D eigenvalue weighted by Gasteiger charge is -2.35. The molecule has 0 radical (unpaired) electrons. The second kappa shape index (κ2) is 10.5. The van der Waals surface area contributed by atoms with E-state index in [9.17, 15) is 13.2 Å². The molecule has 1 fully saturated rings. The Morgan fingerprint density at radius 2 is 1.50 bits per heavy atom. The van der Waals surface area contributed by atoms with Gasteiger partial charge in [0.05, 0.1) is 10.8 Å². The minimum Gasteiger partial charge on any atom is -0.334 e. The fourth-order valence-corrected chi connectivity index (χ4v) is 6.40. The van der Waals surface area contributed by atoms with Gasteiger partial charge in [0.25, 0.3) is 0 Å². The number of rotatable bonds is 7. The van der Waals surface area contributed by atoms with Crippen LogP contribution in [-0.2, 0) is 27.9 Å². The Labute approximate surface area is 203 Å². The van der Waals surface area contributed by atoms with E-state index in [-0.39, 0.29) is 18.4 Å². The molecule has 1 aliphatic rings. The van der Waals surface area contributed by atoms with Crippen molar-refractivity contribution < 1.29 is 13.2 Å². The van der Waals surface area contributed by atoms with Crippen LogP contribution in [0.4, 0.5) is 0 Å². The van der Waals surface area contributed by atoms with Crippen molar-refractivity contribution in [3.8, 4) is 0 Å². The lowest BCUT2D eigenvalue weighted by atomic mass is 9.97. The highest BCUT2D eigenvalue weighted by atomic mass is 32.2. The van der Waals surface area contributed by atoms with Crippen molar-refractivity contribution in [2.24, 2.45) is 5.92 Å². The maximum Gasteiger partial charge on any atom is 0.243 e. The van der Waals surface area contributed by atoms with E-state index >= 15 is 0 Å². The first kappa shape index (κ1) is 24.2. The standard InChI is InChI=1S/C28H32N2O3S/c1-22-15-16-23(2)27(18-22)34(32,33)30-17-9-14-26(21-30)28(31)29(19-24-10-5-3-6-11-24)20-25-12-7-4-8-13-25/h3-8,10-13,15-16,18,26H,9,14,17,19-21H2,1-2H3/t26-/m1/s1. The van der Waals surface area contributed by atoms with Crippen molar-refractivity contribution in [3.05, 3.63) is 101 Å². The lowest BCUT2D eigenvalue weighted by molar-refractivity contribution is -0.138. The van der Waals surface area contributed by atoms with Crippen LogP contribution in [0.2, 0.25) is 0 Å². The summed E-state index contributed by atoms with van der Waals surface area (Å²) in [6.45, 7) is 5.36. The predicted molar refractivity (Wildman–Crippen MR) is 135 cm³/mol. The van der Waals surface area contributed by atoms with Gasteiger partial charge in [-0.2, -0.15) is 4.31 Å². The molecule has 34 heavy (non-hydrogen) atoms. The van der Waals surface area contributed by atoms with Crippen LogP contribution in [0.25, 0.3) is 0 Å². The van der Waals surface area contributed by atoms with Gasteiger partial charge in [0.15, 0.2) is 0 Å². The van der Waals surface area contributed by atoms with Crippen LogP contribution >= 0.6 is 0 Å². The number of aryl methyl sites for hydroxylation is 2. The molecule has 0 aromatic heterocycles. The average Bonchev–Trinajstić information content (AvgIpc) is 2.86. The highest BCUT2D eigenvalue weighted by molar-refractivity contribution is 7.89. The normalized spacial score (nSPS) is 16.8. The summed E-state index contributed by atoms with van der Waals surface area (Å²) in [7, 11) is -3.66. The molecule has 1 saturated heterocycles. The van der Waals surface area contributed by atoms with E-state index in [1.807, 2.05) is 91.5 Å². The highest BCUT2D eigenvalue weighted by Gasteiger charge is 2.35. The number of benzene rings is 3. The second-order valence-corrected chi connectivity index (χ2v) is 11.0. The maximum atomic E-state index is 13.7. The fourth-order valence-electron chi connectivity index (χ4n) is 4.56. The Bertz CT molecular complexity index is 1190. The molecule has 0 spiro atoms. The molecular weight excluding hydrogens is 444 g/mol. The van der Waals surface area contributed by atoms with E-state index in [1.165, 1.54) is 4.31 Å². The Balaban J connectivity index is 1.56. The molecule has 0 bridgehead atoms. The highest BCUT2D eigenvalue weighted by Crippen LogP contribution is 2.28. The molecule has 0 N–H and O–H groups in total. The minimum absolute atomic E-state index is 0.00794. The molecule has 1 aliphatic heterocycles. The molecule has 4 rings (SSSR count). The van der Waals surface area contributed by atoms with Crippen LogP contribution in [-0.4, -0.2) is 36.6 Å². The molecule has 1 heterocycles. The van der Waals surface area contributed by atoms with Crippen LogP contribution in [0, 0.1) is 19.8 Å². The van der Waals surface area contributed by atoms with Gasteiger partial charge in [0.1, 0.15) is 0 Å². The van der Waals surface area contributed by atoms with E-state index in [4.69, 9.17) is 0 Å². The zero-order chi connectivity index (χ0) is 24.1. The first-order valence-corrected chi connectivity index (χ1v) is 13.2. The summed E-state index contributed by atoms with van der Waals surface area (Å²) < 4.78 is 28.5. The predicted octanol–water partition coefficient (Wildman–Crippen LogP) is 4.93. The Hall–Kier alpha value is -2.96. The summed E-state index contributed by atoms with van der Waals surface area (Å²) in [5.74, 6) is -0.352. The molecule has 178 valence electrons. The summed E-state index contributed by atoms with van der Waals surface area (Å²) in [5, 5.41) is 0. The van der Waals surface area contributed by atoms with Crippen molar-refractivity contribution >= 4 is 15.9 Å². The molecule has 5 nitrogen and oxygen atoms in total. The monoisotopic (exact) mass is 476 g/mol. The topological polar surface area (TPSA) is 57.7 Å². The van der Waals surface area contributed by atoms with E-state index in [0.29, 0.717) is 37.4 Å². The van der Waals surface area contributed by atoms with Crippen LogP contribution in [0.5, 0.6) is 0 Å². The zero-order valence-corrected chi connectivity index (χ0v) is 20.7. The fraction of sp³-hybridized carbons (Fsp3) is 0.321. The number of nitrogens with zero attached hydrogens (tertiary/aromatic N) is 2. The van der Waals surface area contributed by atoms with Crippen LogP contribution in [0.3, 0.4) is 0 Å². The first-order chi connectivity index (χ1) is 16.3. The Morgan fingerprint density at radius 1 is 0.912 bits per heavy atom. The summed E-state index contributed by atoms with van der Waals surface area (Å²) in [6, 6.07) is 25.4. The van der Waals surface area contributed by atoms with Gasteiger partial charge < -0.3 is 4.90 Å². The van der Waals surface area contributed by atoms with E-state index < -0.39 is 10.0 Å². The smallest absolute Gasteiger partial charge is 0.243 e. The number of carbonyl (C=O) groups excluding carboxylic acids is 1. The largest absolute Gasteiger partial charge is 0.334 e. The molecule has 0 aliphatic carbocycles. The van der Waals surface area contributed by atoms with Crippen molar-refractivity contribution in [1.29, 1.82) is 0 Å². The summed E-state index contributed by atoms with van der Waals surface area (Å²) in [6.07, 6.45) is 1.36. The summed E-state index contributed by atoms with van der Waals surface area (Å²) in [5.41, 5.74) is 3.75. The maximum absolute atomic E-state index is 13.7. The SMILES string of the molecule is Cc1ccc(C)c(S(=O)(=O)N2CCC[C@@H](C(=O)N(Cc3ccccc3)Cc3ccccc3)C2)c1. The lowest BCUT2D eigenvalue weighted by Crippen LogP contribution is -2.46. The average molecular weight is 477 g/mol. The van der Waals surface area contributed by atoms with E-state index in [2.05, 4.69) is 0 Å². The van der Waals surface area contributed by atoms with Gasteiger partial charge in [-0.1, -0.05) is 72.8 Å². The van der Waals surface area contributed by atoms with Crippen LogP contribution in [0.15, 0.2) is 83.8 Å². The third-order valence-corrected chi connectivity index (χ3v) is 8.45. The zero-order valence-electron chi connectivity index (χ0n) is 19.9. The number of carbonyl (C=O) groups is 1. The van der Waals surface area contributed by atoms with Gasteiger partial charge in [0, 0.05) is 26.2 Å². The molecule has 3 aromatic rings. The molecule has 1 amide bonds. The number of hydrogen-bond donors (Lipinski definition) is 0. The number of sulfonamides is 1. The molecule has 1 atom stereocenters. The van der Waals surface area contributed by atoms with Crippen molar-refractivity contribution in [1.82, 2.24) is 9.21 Å². The minimum atomic E-state index is -3.66. The third kappa shape index (κ3) is 5.57. The molecule has 0 unspecified atom stereocenters. The number of hydrogen-bond acceptors (Lipinski definition) is 3. The van der Waals surface area contributed by atoms with Gasteiger partial charge >= 0.3 is 0 Å². The number of amides is 1. The quantitative estimate of drug-likeness (QED) is 0.486. The summed E-state index contributed by atoms with van der Waals surface area (Å²) in [4.78, 5) is 15.9. The number of piperidine rings is 1. The van der Waals surface area contributed by atoms with Crippen LogP contribution in [0.1, 0.15) is 35.1 Å². The molecular formula is C28H32N2O3S. The third-order valence-electron chi connectivity index (χ3n) is 6.44. The van der Waals surface area contributed by atoms with Crippen LogP contribution < -0.4 is 0 Å². The van der Waals surface area contributed by atoms with Gasteiger partial charge in [-0.3, -0.25) is 4.79 Å². The van der Waals surface area contributed by atoms with Crippen molar-refractivity contribution in [2.75, 3.05) is 13.1 Å². The van der Waals surface area contributed by atoms with Gasteiger partial charge in [-0.15, -0.1) is 0 Å². The van der Waals surface area contributed by atoms with Crippen molar-refractivity contribution in [2.45, 2.75) is 44.7 Å².